The first-order chi connectivity index (χ1) is 7.63. The summed E-state index contributed by atoms with van der Waals surface area (Å²) in [6, 6.07) is 0.0566. The molecule has 0 heterocycles. The van der Waals surface area contributed by atoms with Gasteiger partial charge in [0, 0.05) is 6.04 Å². The summed E-state index contributed by atoms with van der Waals surface area (Å²) >= 11 is 0. The number of carbonyl (C=O) groups excluding carboxylic acids is 1. The first-order valence-corrected chi connectivity index (χ1v) is 6.69. The van der Waals surface area contributed by atoms with Gasteiger partial charge >= 0.3 is 0 Å². The van der Waals surface area contributed by atoms with Gasteiger partial charge < -0.3 is 11.1 Å². The summed E-state index contributed by atoms with van der Waals surface area (Å²) in [5.74, 6) is 0.790. The summed E-state index contributed by atoms with van der Waals surface area (Å²) in [4.78, 5) is 11.8. The van der Waals surface area contributed by atoms with Crippen LogP contribution in [0.1, 0.15) is 58.8 Å². The van der Waals surface area contributed by atoms with Crippen molar-refractivity contribution >= 4 is 5.91 Å². The van der Waals surface area contributed by atoms with E-state index in [0.717, 1.165) is 38.0 Å². The standard InChI is InChI=1S/C13H26N2O/c1-3-4-8-12(14)13(16)15-11-7-5-6-10(2)9-11/h10-12H,3-9,14H2,1-2H3,(H,15,16)/t10-,11+,12-/m0/s1. The Morgan fingerprint density at radius 3 is 2.88 bits per heavy atom. The van der Waals surface area contributed by atoms with Crippen molar-refractivity contribution in [2.45, 2.75) is 70.9 Å². The number of carbonyl (C=O) groups is 1. The maximum atomic E-state index is 11.8. The molecule has 0 aromatic heterocycles. The van der Waals surface area contributed by atoms with Crippen LogP contribution < -0.4 is 11.1 Å². The van der Waals surface area contributed by atoms with E-state index < -0.39 is 0 Å². The Kier molecular flexibility index (Phi) is 5.81. The molecule has 1 aliphatic rings. The molecule has 3 heteroatoms. The molecule has 16 heavy (non-hydrogen) atoms. The smallest absolute Gasteiger partial charge is 0.237 e. The topological polar surface area (TPSA) is 55.1 Å². The molecule has 3 atom stereocenters. The Morgan fingerprint density at radius 1 is 1.50 bits per heavy atom. The highest BCUT2D eigenvalue weighted by molar-refractivity contribution is 5.81. The lowest BCUT2D eigenvalue weighted by Gasteiger charge is -2.28. The van der Waals surface area contributed by atoms with Crippen LogP contribution >= 0.6 is 0 Å². The number of hydrogen-bond acceptors (Lipinski definition) is 2. The fraction of sp³-hybridized carbons (Fsp3) is 0.923. The third kappa shape index (κ3) is 4.52. The van der Waals surface area contributed by atoms with Crippen molar-refractivity contribution in [1.29, 1.82) is 0 Å². The molecule has 0 aromatic rings. The molecule has 0 unspecified atom stereocenters. The predicted molar refractivity (Wildman–Crippen MR) is 67.1 cm³/mol. The quantitative estimate of drug-likeness (QED) is 0.755. The van der Waals surface area contributed by atoms with E-state index in [1.807, 2.05) is 0 Å². The number of nitrogens with one attached hydrogen (secondary N) is 1. The van der Waals surface area contributed by atoms with Crippen LogP contribution in [-0.4, -0.2) is 18.0 Å². The van der Waals surface area contributed by atoms with Gasteiger partial charge in [-0.2, -0.15) is 0 Å². The second kappa shape index (κ2) is 6.89. The lowest BCUT2D eigenvalue weighted by atomic mass is 9.87. The molecule has 3 nitrogen and oxygen atoms in total. The van der Waals surface area contributed by atoms with Crippen LogP contribution in [0.5, 0.6) is 0 Å². The van der Waals surface area contributed by atoms with Gasteiger partial charge in [-0.3, -0.25) is 4.79 Å². The lowest BCUT2D eigenvalue weighted by molar-refractivity contribution is -0.123. The van der Waals surface area contributed by atoms with Crippen molar-refractivity contribution in [2.75, 3.05) is 0 Å². The highest BCUT2D eigenvalue weighted by Crippen LogP contribution is 2.23. The second-order valence-electron chi connectivity index (χ2n) is 5.23. The Balaban J connectivity index is 2.26. The molecule has 1 fully saturated rings. The molecule has 0 saturated heterocycles. The Hall–Kier alpha value is -0.570. The van der Waals surface area contributed by atoms with Crippen LogP contribution in [0, 0.1) is 5.92 Å². The van der Waals surface area contributed by atoms with Crippen molar-refractivity contribution < 1.29 is 4.79 Å². The number of nitrogens with two attached hydrogens (primary N) is 1. The van der Waals surface area contributed by atoms with Crippen LogP contribution in [0.4, 0.5) is 0 Å². The zero-order chi connectivity index (χ0) is 12.0. The van der Waals surface area contributed by atoms with Gasteiger partial charge in [-0.1, -0.05) is 39.5 Å². The third-order valence-electron chi connectivity index (χ3n) is 3.49. The number of unbranched alkanes of at least 4 members (excludes halogenated alkanes) is 1. The monoisotopic (exact) mass is 226 g/mol. The highest BCUT2D eigenvalue weighted by atomic mass is 16.2. The Labute approximate surface area is 99.2 Å². The maximum Gasteiger partial charge on any atom is 0.237 e. The molecule has 1 amide bonds. The highest BCUT2D eigenvalue weighted by Gasteiger charge is 2.22. The average Bonchev–Trinajstić information content (AvgIpc) is 2.25. The fourth-order valence-corrected chi connectivity index (χ4v) is 2.43. The summed E-state index contributed by atoms with van der Waals surface area (Å²) in [6.45, 7) is 4.38. The number of amides is 1. The van der Waals surface area contributed by atoms with Gasteiger partial charge in [-0.25, -0.2) is 0 Å². The van der Waals surface area contributed by atoms with E-state index in [4.69, 9.17) is 5.73 Å². The fourth-order valence-electron chi connectivity index (χ4n) is 2.43. The van der Waals surface area contributed by atoms with Gasteiger partial charge in [0.15, 0.2) is 0 Å². The summed E-state index contributed by atoms with van der Waals surface area (Å²) in [6.07, 6.45) is 7.72. The zero-order valence-corrected chi connectivity index (χ0v) is 10.7. The van der Waals surface area contributed by atoms with Crippen LogP contribution in [0.2, 0.25) is 0 Å². The molecular weight excluding hydrogens is 200 g/mol. The van der Waals surface area contributed by atoms with Crippen LogP contribution in [0.3, 0.4) is 0 Å². The Bertz CT molecular complexity index is 218. The van der Waals surface area contributed by atoms with Crippen molar-refractivity contribution in [2.24, 2.45) is 11.7 Å². The zero-order valence-electron chi connectivity index (χ0n) is 10.7. The van der Waals surface area contributed by atoms with Crippen LogP contribution in [0.25, 0.3) is 0 Å². The largest absolute Gasteiger partial charge is 0.352 e. The summed E-state index contributed by atoms with van der Waals surface area (Å²) < 4.78 is 0. The van der Waals surface area contributed by atoms with Crippen LogP contribution in [0.15, 0.2) is 0 Å². The van der Waals surface area contributed by atoms with Crippen molar-refractivity contribution in [3.8, 4) is 0 Å². The van der Waals surface area contributed by atoms with E-state index in [1.54, 1.807) is 0 Å². The summed E-state index contributed by atoms with van der Waals surface area (Å²) in [5.41, 5.74) is 5.84. The van der Waals surface area contributed by atoms with Gasteiger partial charge in [-0.15, -0.1) is 0 Å². The number of rotatable bonds is 5. The first kappa shape index (κ1) is 13.5. The van der Waals surface area contributed by atoms with Crippen molar-refractivity contribution in [3.63, 3.8) is 0 Å². The van der Waals surface area contributed by atoms with E-state index in [0.29, 0.717) is 6.04 Å². The molecule has 1 rings (SSSR count). The molecule has 94 valence electrons. The molecule has 1 aliphatic carbocycles. The van der Waals surface area contributed by atoms with Gasteiger partial charge in [0.2, 0.25) is 5.91 Å². The normalized spacial score (nSPS) is 27.4. The third-order valence-corrected chi connectivity index (χ3v) is 3.49. The van der Waals surface area contributed by atoms with E-state index >= 15 is 0 Å². The lowest BCUT2D eigenvalue weighted by Crippen LogP contribution is -2.46. The van der Waals surface area contributed by atoms with Crippen molar-refractivity contribution in [3.05, 3.63) is 0 Å². The SMILES string of the molecule is CCCC[C@H](N)C(=O)N[C@@H]1CCC[C@H](C)C1. The van der Waals surface area contributed by atoms with Gasteiger partial charge in [0.05, 0.1) is 6.04 Å². The second-order valence-corrected chi connectivity index (χ2v) is 5.23. The van der Waals surface area contributed by atoms with Gasteiger partial charge in [0.25, 0.3) is 0 Å². The molecule has 0 radical (unpaired) electrons. The first-order valence-electron chi connectivity index (χ1n) is 6.69. The molecule has 0 aromatic carbocycles. The Morgan fingerprint density at radius 2 is 2.25 bits per heavy atom. The summed E-state index contributed by atoms with van der Waals surface area (Å²) in [7, 11) is 0. The van der Waals surface area contributed by atoms with E-state index in [1.165, 1.54) is 12.8 Å². The van der Waals surface area contributed by atoms with Crippen molar-refractivity contribution in [1.82, 2.24) is 5.32 Å². The molecule has 0 bridgehead atoms. The predicted octanol–water partition coefficient (Wildman–Crippen LogP) is 2.20. The minimum atomic E-state index is -0.308. The molecule has 3 N–H and O–H groups in total. The minimum Gasteiger partial charge on any atom is -0.352 e. The van der Waals surface area contributed by atoms with Gasteiger partial charge in [0.1, 0.15) is 0 Å². The molecular formula is C13H26N2O. The van der Waals surface area contributed by atoms with Crippen LogP contribution in [-0.2, 0) is 4.79 Å². The number of hydrogen-bond donors (Lipinski definition) is 2. The molecule has 0 spiro atoms. The maximum absolute atomic E-state index is 11.8. The summed E-state index contributed by atoms with van der Waals surface area (Å²) in [5, 5.41) is 3.09. The van der Waals surface area contributed by atoms with E-state index in [-0.39, 0.29) is 11.9 Å². The minimum absolute atomic E-state index is 0.0487. The average molecular weight is 226 g/mol. The van der Waals surface area contributed by atoms with Gasteiger partial charge in [-0.05, 0) is 25.2 Å². The van der Waals surface area contributed by atoms with E-state index in [2.05, 4.69) is 19.2 Å². The van der Waals surface area contributed by atoms with E-state index in [9.17, 15) is 4.79 Å². The molecule has 1 saturated carbocycles. The molecule has 0 aliphatic heterocycles.